The van der Waals surface area contributed by atoms with Gasteiger partial charge in [0.15, 0.2) is 0 Å². The molecule has 5 nitrogen and oxygen atoms in total. The molecule has 3 aliphatic rings. The average Bonchev–Trinajstić information content (AvgIpc) is 3.18. The maximum absolute atomic E-state index is 13.4. The Labute approximate surface area is 169 Å². The van der Waals surface area contributed by atoms with E-state index in [0.717, 1.165) is 32.1 Å². The number of rotatable bonds is 2. The lowest BCUT2D eigenvalue weighted by atomic mass is 9.89. The molecule has 146 valence electrons. The Kier molecular flexibility index (Phi) is 5.62. The van der Waals surface area contributed by atoms with Crippen LogP contribution in [0.5, 0.6) is 0 Å². The number of likely N-dealkylation sites (tertiary alicyclic amines) is 1. The Balaban J connectivity index is 1.54. The number of nitrogens with zero attached hydrogens (tertiary/aromatic N) is 2. The first-order valence-electron chi connectivity index (χ1n) is 9.74. The molecule has 7 heteroatoms. The van der Waals surface area contributed by atoms with Crippen LogP contribution in [0.1, 0.15) is 48.9 Å². The molecule has 2 amide bonds. The number of hydrogen-bond acceptors (Lipinski definition) is 3. The van der Waals surface area contributed by atoms with Gasteiger partial charge in [-0.15, -0.1) is 0 Å². The molecule has 1 aromatic rings. The number of benzene rings is 1. The largest absolute Gasteiger partial charge is 0.374 e. The minimum atomic E-state index is -0.423. The van der Waals surface area contributed by atoms with E-state index in [9.17, 15) is 9.59 Å². The molecule has 0 N–H and O–H groups in total. The second kappa shape index (κ2) is 7.98. The second-order valence-electron chi connectivity index (χ2n) is 7.57. The zero-order valence-electron chi connectivity index (χ0n) is 15.2. The van der Waals surface area contributed by atoms with Gasteiger partial charge in [0.1, 0.15) is 6.04 Å². The fourth-order valence-electron chi connectivity index (χ4n) is 4.64. The van der Waals surface area contributed by atoms with Crippen LogP contribution in [0.15, 0.2) is 18.2 Å². The van der Waals surface area contributed by atoms with Crippen LogP contribution in [0, 0.1) is 0 Å². The molecule has 3 fully saturated rings. The van der Waals surface area contributed by atoms with Gasteiger partial charge in [-0.2, -0.15) is 0 Å². The molecule has 0 radical (unpaired) electrons. The maximum atomic E-state index is 13.4. The Morgan fingerprint density at radius 2 is 1.81 bits per heavy atom. The highest BCUT2D eigenvalue weighted by atomic mass is 35.5. The topological polar surface area (TPSA) is 49.9 Å². The highest BCUT2D eigenvalue weighted by molar-refractivity contribution is 6.35. The molecule has 4 rings (SSSR count). The molecular formula is C20H24Cl2N2O3. The normalized spacial score (nSPS) is 28.1. The molecule has 1 aromatic carbocycles. The van der Waals surface area contributed by atoms with Crippen LogP contribution >= 0.6 is 23.2 Å². The van der Waals surface area contributed by atoms with Crippen molar-refractivity contribution in [1.29, 1.82) is 0 Å². The van der Waals surface area contributed by atoms with Gasteiger partial charge in [-0.1, -0.05) is 36.0 Å². The molecule has 2 saturated heterocycles. The molecular weight excluding hydrogens is 387 g/mol. The first-order valence-corrected chi connectivity index (χ1v) is 10.5. The first-order chi connectivity index (χ1) is 13.1. The summed E-state index contributed by atoms with van der Waals surface area (Å²) in [4.78, 5) is 30.1. The number of carbonyl (C=O) groups excluding carboxylic acids is 2. The third kappa shape index (κ3) is 3.69. The number of morpholine rings is 1. The predicted octanol–water partition coefficient (Wildman–Crippen LogP) is 3.77. The molecule has 3 unspecified atom stereocenters. The van der Waals surface area contributed by atoms with Gasteiger partial charge in [0.05, 0.1) is 29.3 Å². The number of ether oxygens (including phenoxy) is 1. The van der Waals surface area contributed by atoms with E-state index in [2.05, 4.69) is 0 Å². The first kappa shape index (κ1) is 19.0. The van der Waals surface area contributed by atoms with Gasteiger partial charge in [-0.25, -0.2) is 0 Å². The van der Waals surface area contributed by atoms with E-state index in [1.165, 1.54) is 0 Å². The summed E-state index contributed by atoms with van der Waals surface area (Å²) in [6.45, 7) is 1.75. The molecule has 0 aromatic heterocycles. The Hall–Kier alpha value is -1.30. The Morgan fingerprint density at radius 1 is 1.00 bits per heavy atom. The van der Waals surface area contributed by atoms with Crippen molar-refractivity contribution in [3.8, 4) is 0 Å². The molecule has 2 aliphatic heterocycles. The van der Waals surface area contributed by atoms with Crippen molar-refractivity contribution in [3.05, 3.63) is 33.8 Å². The lowest BCUT2D eigenvalue weighted by molar-refractivity contribution is -0.153. The fraction of sp³-hybridized carbons (Fsp3) is 0.600. The summed E-state index contributed by atoms with van der Waals surface area (Å²) in [5.74, 6) is -0.161. The molecule has 0 spiro atoms. The van der Waals surface area contributed by atoms with Gasteiger partial charge in [0.2, 0.25) is 5.91 Å². The van der Waals surface area contributed by atoms with Crippen molar-refractivity contribution in [3.63, 3.8) is 0 Å². The van der Waals surface area contributed by atoms with E-state index >= 15 is 0 Å². The SMILES string of the molecule is O=C(c1cc(Cl)ccc1Cl)N1CCCC1C(=O)N1CCOC2CCCCC21. The standard InChI is InChI=1S/C20H24Cl2N2O3/c21-13-7-8-15(22)14(12-13)19(25)23-9-3-5-17(23)20(26)24-10-11-27-18-6-2-1-4-16(18)24/h7-8,12,16-18H,1-6,9-11H2. The zero-order valence-corrected chi connectivity index (χ0v) is 16.7. The van der Waals surface area contributed by atoms with Gasteiger partial charge >= 0.3 is 0 Å². The number of halogens is 2. The van der Waals surface area contributed by atoms with Gasteiger partial charge in [-0.3, -0.25) is 9.59 Å². The minimum absolute atomic E-state index is 0.0548. The quantitative estimate of drug-likeness (QED) is 0.745. The number of hydrogen-bond donors (Lipinski definition) is 0. The van der Waals surface area contributed by atoms with Crippen LogP contribution in [0.4, 0.5) is 0 Å². The minimum Gasteiger partial charge on any atom is -0.374 e. The predicted molar refractivity (Wildman–Crippen MR) is 104 cm³/mol. The van der Waals surface area contributed by atoms with Crippen LogP contribution in [-0.4, -0.2) is 59.5 Å². The van der Waals surface area contributed by atoms with E-state index in [4.69, 9.17) is 27.9 Å². The smallest absolute Gasteiger partial charge is 0.256 e. The van der Waals surface area contributed by atoms with Crippen LogP contribution in [0.25, 0.3) is 0 Å². The highest BCUT2D eigenvalue weighted by Gasteiger charge is 2.43. The van der Waals surface area contributed by atoms with Gasteiger partial charge in [0, 0.05) is 18.1 Å². The van der Waals surface area contributed by atoms with Crippen LogP contribution in [-0.2, 0) is 9.53 Å². The number of fused-ring (bicyclic) bond motifs is 1. The summed E-state index contributed by atoms with van der Waals surface area (Å²) in [6.07, 6.45) is 5.93. The van der Waals surface area contributed by atoms with E-state index in [1.807, 2.05) is 4.90 Å². The molecule has 27 heavy (non-hydrogen) atoms. The van der Waals surface area contributed by atoms with Crippen molar-refractivity contribution >= 4 is 35.0 Å². The fourth-order valence-corrected chi connectivity index (χ4v) is 5.01. The summed E-state index contributed by atoms with van der Waals surface area (Å²) in [5, 5.41) is 0.823. The lowest BCUT2D eigenvalue weighted by Gasteiger charge is -2.45. The average molecular weight is 411 g/mol. The molecule has 0 bridgehead atoms. The number of carbonyl (C=O) groups is 2. The maximum Gasteiger partial charge on any atom is 0.256 e. The molecule has 2 heterocycles. The van der Waals surface area contributed by atoms with E-state index in [1.54, 1.807) is 23.1 Å². The zero-order chi connectivity index (χ0) is 19.0. The van der Waals surface area contributed by atoms with Crippen molar-refractivity contribution in [1.82, 2.24) is 9.80 Å². The highest BCUT2D eigenvalue weighted by Crippen LogP contribution is 2.32. The van der Waals surface area contributed by atoms with Crippen LogP contribution < -0.4 is 0 Å². The summed E-state index contributed by atoms with van der Waals surface area (Å²) >= 11 is 12.3. The van der Waals surface area contributed by atoms with Crippen molar-refractivity contribution in [2.75, 3.05) is 19.7 Å². The van der Waals surface area contributed by atoms with Gasteiger partial charge in [-0.05, 0) is 43.9 Å². The van der Waals surface area contributed by atoms with Gasteiger partial charge in [0.25, 0.3) is 5.91 Å². The monoisotopic (exact) mass is 410 g/mol. The number of amides is 2. The molecule has 1 aliphatic carbocycles. The van der Waals surface area contributed by atoms with Gasteiger partial charge < -0.3 is 14.5 Å². The van der Waals surface area contributed by atoms with Crippen molar-refractivity contribution in [2.45, 2.75) is 56.7 Å². The third-order valence-electron chi connectivity index (χ3n) is 5.97. The summed E-state index contributed by atoms with van der Waals surface area (Å²) < 4.78 is 5.89. The van der Waals surface area contributed by atoms with Crippen LogP contribution in [0.3, 0.4) is 0 Å². The molecule has 1 saturated carbocycles. The second-order valence-corrected chi connectivity index (χ2v) is 8.42. The van der Waals surface area contributed by atoms with Crippen molar-refractivity contribution in [2.24, 2.45) is 0 Å². The summed E-state index contributed by atoms with van der Waals surface area (Å²) in [5.41, 5.74) is 0.362. The Bertz CT molecular complexity index is 740. The van der Waals surface area contributed by atoms with E-state index < -0.39 is 6.04 Å². The third-order valence-corrected chi connectivity index (χ3v) is 6.54. The van der Waals surface area contributed by atoms with Crippen molar-refractivity contribution < 1.29 is 14.3 Å². The summed E-state index contributed by atoms with van der Waals surface area (Å²) in [7, 11) is 0. The molecule has 3 atom stereocenters. The van der Waals surface area contributed by atoms with Crippen LogP contribution in [0.2, 0.25) is 10.0 Å². The van der Waals surface area contributed by atoms with E-state index in [-0.39, 0.29) is 24.0 Å². The Morgan fingerprint density at radius 3 is 2.67 bits per heavy atom. The van der Waals surface area contributed by atoms with E-state index in [0.29, 0.717) is 41.7 Å². The summed E-state index contributed by atoms with van der Waals surface area (Å²) in [6, 6.07) is 4.58. The lowest BCUT2D eigenvalue weighted by Crippen LogP contribution is -2.59.